The SMILES string of the molecule is CC(C)(C)OC(=O)NCCCCCNC(=O)c1ccccc1[C@H]1C[C@H]2CC[C@@H](C1)N2CCN1C(=O)COc2ccccc21. The van der Waals surface area contributed by atoms with Crippen molar-refractivity contribution in [2.24, 2.45) is 0 Å². The normalized spacial score (nSPS) is 21.6. The maximum Gasteiger partial charge on any atom is 0.407 e. The van der Waals surface area contributed by atoms with Crippen LogP contribution in [0.15, 0.2) is 48.5 Å². The molecule has 0 unspecified atom stereocenters. The van der Waals surface area contributed by atoms with E-state index in [9.17, 15) is 14.4 Å². The summed E-state index contributed by atoms with van der Waals surface area (Å²) < 4.78 is 10.9. The van der Waals surface area contributed by atoms with Gasteiger partial charge in [0.1, 0.15) is 11.4 Å². The predicted molar refractivity (Wildman–Crippen MR) is 167 cm³/mol. The van der Waals surface area contributed by atoms with Gasteiger partial charge < -0.3 is 25.0 Å². The van der Waals surface area contributed by atoms with E-state index >= 15 is 0 Å². The van der Waals surface area contributed by atoms with Crippen molar-refractivity contribution in [1.29, 1.82) is 0 Å². The van der Waals surface area contributed by atoms with Gasteiger partial charge >= 0.3 is 6.09 Å². The van der Waals surface area contributed by atoms with Crippen molar-refractivity contribution in [2.45, 2.75) is 89.3 Å². The fourth-order valence-electron chi connectivity index (χ4n) is 6.80. The molecule has 43 heavy (non-hydrogen) atoms. The molecule has 2 bridgehead atoms. The number of hydrogen-bond acceptors (Lipinski definition) is 6. The number of carbonyl (C=O) groups is 3. The Morgan fingerprint density at radius 3 is 2.33 bits per heavy atom. The molecule has 3 aliphatic rings. The standard InChI is InChI=1S/C34H46N4O5/c1-34(2,3)43-33(41)36-18-10-4-9-17-35-32(40)28-12-6-5-11-27(28)24-21-25-15-16-26(22-24)37(25)19-20-38-29-13-7-8-14-30(29)42-23-31(38)39/h5-8,11-14,24-26H,4,9-10,15-23H2,1-3H3,(H,35,40)(H,36,41)/t24-,25+,26-. The van der Waals surface area contributed by atoms with Crippen LogP contribution >= 0.6 is 0 Å². The van der Waals surface area contributed by atoms with Gasteiger partial charge in [0, 0.05) is 43.8 Å². The molecule has 3 aliphatic heterocycles. The Morgan fingerprint density at radius 2 is 1.58 bits per heavy atom. The number of fused-ring (bicyclic) bond motifs is 3. The van der Waals surface area contributed by atoms with E-state index < -0.39 is 11.7 Å². The minimum absolute atomic E-state index is 0.0123. The first-order valence-electron chi connectivity index (χ1n) is 15.8. The van der Waals surface area contributed by atoms with Crippen molar-refractivity contribution in [3.63, 3.8) is 0 Å². The van der Waals surface area contributed by atoms with E-state index in [0.717, 1.165) is 74.1 Å². The molecule has 5 rings (SSSR count). The Labute approximate surface area is 255 Å². The highest BCUT2D eigenvalue weighted by Crippen LogP contribution is 2.44. The summed E-state index contributed by atoms with van der Waals surface area (Å²) in [7, 11) is 0. The Morgan fingerprint density at radius 1 is 0.907 bits per heavy atom. The highest BCUT2D eigenvalue weighted by atomic mass is 16.6. The van der Waals surface area contributed by atoms with Crippen LogP contribution in [0.25, 0.3) is 0 Å². The van der Waals surface area contributed by atoms with Crippen LogP contribution in [0, 0.1) is 0 Å². The number of nitrogens with zero attached hydrogens (tertiary/aromatic N) is 2. The maximum atomic E-state index is 13.2. The largest absolute Gasteiger partial charge is 0.482 e. The number of ether oxygens (including phenoxy) is 2. The molecule has 9 heteroatoms. The lowest BCUT2D eigenvalue weighted by Crippen LogP contribution is -2.48. The van der Waals surface area contributed by atoms with Gasteiger partial charge in [-0.05, 0) is 95.4 Å². The number of carbonyl (C=O) groups excluding carboxylic acids is 3. The number of hydrogen-bond donors (Lipinski definition) is 2. The summed E-state index contributed by atoms with van der Waals surface area (Å²) in [5.41, 5.74) is 2.29. The van der Waals surface area contributed by atoms with Crippen molar-refractivity contribution in [3.05, 3.63) is 59.7 Å². The molecule has 3 heterocycles. The Balaban J connectivity index is 1.09. The summed E-state index contributed by atoms with van der Waals surface area (Å²) in [6.07, 6.45) is 6.56. The van der Waals surface area contributed by atoms with Crippen LogP contribution in [-0.4, -0.2) is 73.3 Å². The van der Waals surface area contributed by atoms with Crippen LogP contribution in [0.5, 0.6) is 5.75 Å². The highest BCUT2D eigenvalue weighted by molar-refractivity contribution is 5.98. The van der Waals surface area contributed by atoms with Crippen molar-refractivity contribution in [1.82, 2.24) is 15.5 Å². The fraction of sp³-hybridized carbons (Fsp3) is 0.559. The van der Waals surface area contributed by atoms with Gasteiger partial charge in [-0.3, -0.25) is 14.5 Å². The van der Waals surface area contributed by atoms with Crippen molar-refractivity contribution in [3.8, 4) is 5.75 Å². The number of amides is 3. The summed E-state index contributed by atoms with van der Waals surface area (Å²) in [5.74, 6) is 1.12. The smallest absolute Gasteiger partial charge is 0.407 e. The number of piperidine rings is 1. The van der Waals surface area contributed by atoms with Crippen LogP contribution in [0.4, 0.5) is 10.5 Å². The molecule has 0 spiro atoms. The second-order valence-corrected chi connectivity index (χ2v) is 12.9. The molecular formula is C34H46N4O5. The second kappa shape index (κ2) is 13.8. The summed E-state index contributed by atoms with van der Waals surface area (Å²) in [4.78, 5) is 42.1. The topological polar surface area (TPSA) is 100 Å². The van der Waals surface area contributed by atoms with E-state index in [1.807, 2.05) is 68.1 Å². The summed E-state index contributed by atoms with van der Waals surface area (Å²) in [6.45, 7) is 8.30. The quantitative estimate of drug-likeness (QED) is 0.347. The Bertz CT molecular complexity index is 1280. The van der Waals surface area contributed by atoms with Crippen molar-refractivity contribution >= 4 is 23.6 Å². The lowest BCUT2D eigenvalue weighted by molar-refractivity contribution is -0.121. The van der Waals surface area contributed by atoms with Crippen LogP contribution < -0.4 is 20.3 Å². The van der Waals surface area contributed by atoms with E-state index in [4.69, 9.17) is 9.47 Å². The van der Waals surface area contributed by atoms with Crippen LogP contribution in [0.1, 0.15) is 87.6 Å². The van der Waals surface area contributed by atoms with Gasteiger partial charge in [0.25, 0.3) is 11.8 Å². The number of alkyl carbamates (subject to hydrolysis) is 1. The third-order valence-electron chi connectivity index (χ3n) is 8.73. The lowest BCUT2D eigenvalue weighted by Gasteiger charge is -2.41. The number of unbranched alkanes of at least 4 members (excludes halogenated alkanes) is 2. The molecule has 2 aromatic rings. The van der Waals surface area contributed by atoms with E-state index in [-0.39, 0.29) is 18.4 Å². The van der Waals surface area contributed by atoms with Gasteiger partial charge in [-0.15, -0.1) is 0 Å². The van der Waals surface area contributed by atoms with Gasteiger partial charge in [-0.25, -0.2) is 4.79 Å². The van der Waals surface area contributed by atoms with Gasteiger partial charge in [0.2, 0.25) is 0 Å². The average Bonchev–Trinajstić information content (AvgIpc) is 3.21. The van der Waals surface area contributed by atoms with E-state index in [0.29, 0.717) is 37.6 Å². The number of para-hydroxylation sites is 2. The second-order valence-electron chi connectivity index (χ2n) is 12.9. The molecule has 0 aliphatic carbocycles. The fourth-order valence-corrected chi connectivity index (χ4v) is 6.80. The first kappa shape index (κ1) is 30.9. The van der Waals surface area contributed by atoms with Crippen LogP contribution in [0.2, 0.25) is 0 Å². The van der Waals surface area contributed by atoms with Crippen LogP contribution in [-0.2, 0) is 9.53 Å². The van der Waals surface area contributed by atoms with E-state index in [2.05, 4.69) is 21.6 Å². The number of nitrogens with one attached hydrogen (secondary N) is 2. The van der Waals surface area contributed by atoms with Gasteiger partial charge in [0.15, 0.2) is 6.61 Å². The highest BCUT2D eigenvalue weighted by Gasteiger charge is 2.42. The molecule has 2 N–H and O–H groups in total. The molecule has 3 amide bonds. The minimum Gasteiger partial charge on any atom is -0.482 e. The first-order chi connectivity index (χ1) is 20.7. The molecule has 2 aromatic carbocycles. The average molecular weight is 591 g/mol. The van der Waals surface area contributed by atoms with Crippen molar-refractivity contribution in [2.75, 3.05) is 37.7 Å². The van der Waals surface area contributed by atoms with Gasteiger partial charge in [-0.1, -0.05) is 30.3 Å². The zero-order chi connectivity index (χ0) is 30.4. The molecule has 0 saturated carbocycles. The monoisotopic (exact) mass is 590 g/mol. The third kappa shape index (κ3) is 7.88. The van der Waals surface area contributed by atoms with Gasteiger partial charge in [-0.2, -0.15) is 0 Å². The summed E-state index contributed by atoms with van der Waals surface area (Å²) in [5, 5.41) is 5.90. The Hall–Kier alpha value is -3.59. The van der Waals surface area contributed by atoms with Crippen molar-refractivity contribution < 1.29 is 23.9 Å². The maximum absolute atomic E-state index is 13.2. The lowest BCUT2D eigenvalue weighted by atomic mass is 9.82. The zero-order valence-corrected chi connectivity index (χ0v) is 25.8. The summed E-state index contributed by atoms with van der Waals surface area (Å²) in [6, 6.07) is 16.7. The molecule has 2 fully saturated rings. The van der Waals surface area contributed by atoms with Crippen LogP contribution in [0.3, 0.4) is 0 Å². The van der Waals surface area contributed by atoms with E-state index in [1.54, 1.807) is 0 Å². The predicted octanol–water partition coefficient (Wildman–Crippen LogP) is 5.25. The van der Waals surface area contributed by atoms with E-state index in [1.165, 1.54) is 0 Å². The molecule has 232 valence electrons. The molecule has 0 radical (unpaired) electrons. The Kier molecular flexibility index (Phi) is 9.90. The molecule has 3 atom stereocenters. The molecule has 9 nitrogen and oxygen atoms in total. The minimum atomic E-state index is -0.501. The first-order valence-corrected chi connectivity index (χ1v) is 15.8. The summed E-state index contributed by atoms with van der Waals surface area (Å²) >= 11 is 0. The number of anilines is 1. The van der Waals surface area contributed by atoms with Gasteiger partial charge in [0.05, 0.1) is 5.69 Å². The molecule has 2 saturated heterocycles. The molecule has 0 aromatic heterocycles. The zero-order valence-electron chi connectivity index (χ0n) is 25.8. The molecular weight excluding hydrogens is 544 g/mol. The third-order valence-corrected chi connectivity index (χ3v) is 8.73. The number of rotatable bonds is 11. The number of benzene rings is 2.